The molecule has 0 atom stereocenters. The van der Waals surface area contributed by atoms with Crippen LogP contribution in [-0.2, 0) is 5.41 Å². The minimum Gasteiger partial charge on any atom is -0.361 e. The first kappa shape index (κ1) is 9.91. The fourth-order valence-corrected chi connectivity index (χ4v) is 2.48. The summed E-state index contributed by atoms with van der Waals surface area (Å²) in [6.07, 6.45) is 4.27. The van der Waals surface area contributed by atoms with Crippen LogP contribution in [0.4, 0.5) is 0 Å². The first-order valence-electron chi connectivity index (χ1n) is 5.89. The zero-order valence-electron chi connectivity index (χ0n) is 9.88. The predicted molar refractivity (Wildman–Crippen MR) is 67.5 cm³/mol. The van der Waals surface area contributed by atoms with Crippen LogP contribution >= 0.6 is 0 Å². The number of fused-ring (bicyclic) bond motifs is 1. The van der Waals surface area contributed by atoms with Gasteiger partial charge >= 0.3 is 0 Å². The number of aromatic nitrogens is 1. The predicted octanol–water partition coefficient (Wildman–Crippen LogP) is 2.94. The molecule has 2 nitrogen and oxygen atoms in total. The molecule has 2 aromatic rings. The standard InChI is InChI=1S/C14H18N2/c1-13(2,14(15)6-7-14)11-4-3-10-5-8-16-12(10)9-11/h3-5,8-9,16H,6-7,15H2,1-2H3. The number of hydrogen-bond donors (Lipinski definition) is 2. The second-order valence-electron chi connectivity index (χ2n) is 5.56. The molecule has 0 aliphatic heterocycles. The number of nitrogens with two attached hydrogens (primary N) is 1. The fraction of sp³-hybridized carbons (Fsp3) is 0.429. The number of hydrogen-bond acceptors (Lipinski definition) is 1. The van der Waals surface area contributed by atoms with Crippen molar-refractivity contribution in [2.45, 2.75) is 37.6 Å². The minimum absolute atomic E-state index is 0.00721. The van der Waals surface area contributed by atoms with E-state index in [1.54, 1.807) is 0 Å². The van der Waals surface area contributed by atoms with Gasteiger partial charge in [0, 0.05) is 22.7 Å². The number of nitrogens with one attached hydrogen (secondary N) is 1. The SMILES string of the molecule is CC(C)(c1ccc2cc[nH]c2c1)C1(N)CC1. The van der Waals surface area contributed by atoms with E-state index in [1.165, 1.54) is 16.5 Å². The van der Waals surface area contributed by atoms with Gasteiger partial charge in [0.15, 0.2) is 0 Å². The highest BCUT2D eigenvalue weighted by atomic mass is 14.9. The minimum atomic E-state index is 0.00721. The Labute approximate surface area is 95.8 Å². The Morgan fingerprint density at radius 2 is 2.00 bits per heavy atom. The summed E-state index contributed by atoms with van der Waals surface area (Å²) >= 11 is 0. The molecule has 0 unspecified atom stereocenters. The van der Waals surface area contributed by atoms with Gasteiger partial charge in [0.25, 0.3) is 0 Å². The molecular weight excluding hydrogens is 196 g/mol. The summed E-state index contributed by atoms with van der Waals surface area (Å²) in [6, 6.07) is 8.72. The Morgan fingerprint density at radius 1 is 1.25 bits per heavy atom. The third kappa shape index (κ3) is 1.23. The van der Waals surface area contributed by atoms with Crippen molar-refractivity contribution in [1.29, 1.82) is 0 Å². The van der Waals surface area contributed by atoms with Gasteiger partial charge in [0.2, 0.25) is 0 Å². The molecule has 0 bridgehead atoms. The van der Waals surface area contributed by atoms with Gasteiger partial charge in [0.1, 0.15) is 0 Å². The number of rotatable bonds is 2. The largest absolute Gasteiger partial charge is 0.361 e. The first-order chi connectivity index (χ1) is 7.53. The molecule has 1 aliphatic rings. The third-order valence-electron chi connectivity index (χ3n) is 4.31. The molecule has 0 saturated heterocycles. The van der Waals surface area contributed by atoms with E-state index >= 15 is 0 Å². The van der Waals surface area contributed by atoms with Gasteiger partial charge in [-0.15, -0.1) is 0 Å². The smallest absolute Gasteiger partial charge is 0.0456 e. The molecular formula is C14H18N2. The summed E-state index contributed by atoms with van der Waals surface area (Å²) in [6.45, 7) is 4.51. The fourth-order valence-electron chi connectivity index (χ4n) is 2.48. The Balaban J connectivity index is 2.11. The van der Waals surface area contributed by atoms with E-state index in [9.17, 15) is 0 Å². The summed E-state index contributed by atoms with van der Waals surface area (Å²) in [5, 5.41) is 1.27. The number of aromatic amines is 1. The molecule has 0 spiro atoms. The highest BCUT2D eigenvalue weighted by molar-refractivity contribution is 5.80. The Hall–Kier alpha value is -1.28. The lowest BCUT2D eigenvalue weighted by Crippen LogP contribution is -2.43. The van der Waals surface area contributed by atoms with Crippen LogP contribution in [-0.4, -0.2) is 10.5 Å². The zero-order chi connectivity index (χ0) is 11.4. The molecule has 1 aromatic carbocycles. The van der Waals surface area contributed by atoms with E-state index in [-0.39, 0.29) is 11.0 Å². The lowest BCUT2D eigenvalue weighted by Gasteiger charge is -2.32. The van der Waals surface area contributed by atoms with Crippen molar-refractivity contribution >= 4 is 10.9 Å². The summed E-state index contributed by atoms with van der Waals surface area (Å²) in [4.78, 5) is 3.26. The molecule has 2 heteroatoms. The van der Waals surface area contributed by atoms with Gasteiger partial charge in [-0.3, -0.25) is 0 Å². The van der Waals surface area contributed by atoms with Gasteiger partial charge in [0.05, 0.1) is 0 Å². The second kappa shape index (κ2) is 2.89. The van der Waals surface area contributed by atoms with Crippen molar-refractivity contribution < 1.29 is 0 Å². The van der Waals surface area contributed by atoms with Gasteiger partial charge in [-0.25, -0.2) is 0 Å². The summed E-state index contributed by atoms with van der Waals surface area (Å²) < 4.78 is 0. The van der Waals surface area contributed by atoms with E-state index in [2.05, 4.69) is 43.1 Å². The highest BCUT2D eigenvalue weighted by Crippen LogP contribution is 2.49. The second-order valence-corrected chi connectivity index (χ2v) is 5.56. The number of H-pyrrole nitrogens is 1. The number of benzene rings is 1. The molecule has 3 rings (SSSR count). The van der Waals surface area contributed by atoms with Crippen molar-refractivity contribution in [2.75, 3.05) is 0 Å². The van der Waals surface area contributed by atoms with Crippen molar-refractivity contribution in [2.24, 2.45) is 5.73 Å². The average Bonchev–Trinajstić information content (AvgIpc) is 2.86. The van der Waals surface area contributed by atoms with Crippen LogP contribution in [0, 0.1) is 0 Å². The Kier molecular flexibility index (Phi) is 1.79. The van der Waals surface area contributed by atoms with E-state index in [4.69, 9.17) is 5.73 Å². The molecule has 0 radical (unpaired) electrons. The summed E-state index contributed by atoms with van der Waals surface area (Å²) in [7, 11) is 0. The Morgan fingerprint density at radius 3 is 2.69 bits per heavy atom. The topological polar surface area (TPSA) is 41.8 Å². The van der Waals surface area contributed by atoms with Crippen LogP contribution in [0.5, 0.6) is 0 Å². The van der Waals surface area contributed by atoms with Crippen molar-refractivity contribution in [3.63, 3.8) is 0 Å². The first-order valence-corrected chi connectivity index (χ1v) is 5.89. The van der Waals surface area contributed by atoms with Crippen molar-refractivity contribution in [1.82, 2.24) is 4.98 Å². The van der Waals surface area contributed by atoms with E-state index < -0.39 is 0 Å². The van der Waals surface area contributed by atoms with Gasteiger partial charge in [-0.2, -0.15) is 0 Å². The quantitative estimate of drug-likeness (QED) is 0.793. The van der Waals surface area contributed by atoms with E-state index in [0.717, 1.165) is 12.8 Å². The molecule has 16 heavy (non-hydrogen) atoms. The molecule has 3 N–H and O–H groups in total. The van der Waals surface area contributed by atoms with Crippen LogP contribution in [0.2, 0.25) is 0 Å². The van der Waals surface area contributed by atoms with Crippen molar-refractivity contribution in [3.05, 3.63) is 36.0 Å². The molecule has 0 amide bonds. The van der Waals surface area contributed by atoms with Gasteiger partial charge in [-0.05, 0) is 35.9 Å². The van der Waals surface area contributed by atoms with E-state index in [0.29, 0.717) is 0 Å². The maximum absolute atomic E-state index is 6.37. The highest BCUT2D eigenvalue weighted by Gasteiger charge is 2.51. The maximum atomic E-state index is 6.37. The van der Waals surface area contributed by atoms with Gasteiger partial charge < -0.3 is 10.7 Å². The summed E-state index contributed by atoms with van der Waals surface area (Å²) in [5.41, 5.74) is 8.97. The monoisotopic (exact) mass is 214 g/mol. The molecule has 84 valence electrons. The van der Waals surface area contributed by atoms with E-state index in [1.807, 2.05) is 6.20 Å². The van der Waals surface area contributed by atoms with Crippen LogP contribution in [0.25, 0.3) is 10.9 Å². The normalized spacial score (nSPS) is 18.9. The lowest BCUT2D eigenvalue weighted by molar-refractivity contribution is 0.391. The lowest BCUT2D eigenvalue weighted by atomic mass is 9.76. The zero-order valence-corrected chi connectivity index (χ0v) is 9.88. The molecule has 1 aromatic heterocycles. The van der Waals surface area contributed by atoms with Crippen LogP contribution in [0.1, 0.15) is 32.3 Å². The molecule has 1 fully saturated rings. The molecule has 1 heterocycles. The van der Waals surface area contributed by atoms with Crippen LogP contribution in [0.3, 0.4) is 0 Å². The average molecular weight is 214 g/mol. The third-order valence-corrected chi connectivity index (χ3v) is 4.31. The van der Waals surface area contributed by atoms with Crippen LogP contribution in [0.15, 0.2) is 30.5 Å². The van der Waals surface area contributed by atoms with Gasteiger partial charge in [-0.1, -0.05) is 26.0 Å². The van der Waals surface area contributed by atoms with Crippen molar-refractivity contribution in [3.8, 4) is 0 Å². The molecule has 1 saturated carbocycles. The van der Waals surface area contributed by atoms with Crippen LogP contribution < -0.4 is 5.73 Å². The Bertz CT molecular complexity index is 532. The summed E-state index contributed by atoms with van der Waals surface area (Å²) in [5.74, 6) is 0. The molecule has 1 aliphatic carbocycles. The maximum Gasteiger partial charge on any atom is 0.0456 e.